The molecule has 0 saturated heterocycles. The fraction of sp³-hybridized carbons (Fsp3) is 0.300. The Kier molecular flexibility index (Phi) is 4.27. The van der Waals surface area contributed by atoms with Crippen LogP contribution in [0.3, 0.4) is 0 Å². The van der Waals surface area contributed by atoms with Gasteiger partial charge in [0.25, 0.3) is 0 Å². The zero-order valence-electron chi connectivity index (χ0n) is 9.27. The summed E-state index contributed by atoms with van der Waals surface area (Å²) in [4.78, 5) is 25.2. The number of anilines is 1. The van der Waals surface area contributed by atoms with Gasteiger partial charge in [-0.3, -0.25) is 0 Å². The van der Waals surface area contributed by atoms with Gasteiger partial charge in [0.1, 0.15) is 12.4 Å². The molecule has 0 radical (unpaired) electrons. The Bertz CT molecular complexity index is 434. The number of primary amides is 1. The van der Waals surface area contributed by atoms with Crippen LogP contribution in [0.1, 0.15) is 16.1 Å². The number of rotatable bonds is 5. The van der Waals surface area contributed by atoms with Gasteiger partial charge >= 0.3 is 12.1 Å². The van der Waals surface area contributed by atoms with E-state index in [1.165, 1.54) is 12.1 Å². The first kappa shape index (κ1) is 12.8. The standard InChI is InChI=1S/C10H13N3O4/c1-6-4-7(9(14)15)5-8(13-6)12-2-3-17-10(11)16/h4-5H,2-3H2,1H3,(H2,11,16)(H,12,13)(H,14,15). The largest absolute Gasteiger partial charge is 0.478 e. The lowest BCUT2D eigenvalue weighted by atomic mass is 10.2. The molecule has 0 aliphatic rings. The number of hydrogen-bond donors (Lipinski definition) is 3. The van der Waals surface area contributed by atoms with Gasteiger partial charge in [-0.1, -0.05) is 0 Å². The molecule has 0 fully saturated rings. The summed E-state index contributed by atoms with van der Waals surface area (Å²) in [7, 11) is 0. The van der Waals surface area contributed by atoms with Gasteiger partial charge in [-0.15, -0.1) is 0 Å². The topological polar surface area (TPSA) is 115 Å². The molecule has 0 atom stereocenters. The number of nitrogens with two attached hydrogens (primary N) is 1. The number of carboxylic acids is 1. The number of aryl methyl sites for hydroxylation is 1. The Hall–Kier alpha value is -2.31. The predicted molar refractivity (Wildman–Crippen MR) is 60.0 cm³/mol. The third-order valence-corrected chi connectivity index (χ3v) is 1.85. The number of amides is 1. The maximum Gasteiger partial charge on any atom is 0.404 e. The molecule has 1 aromatic rings. The summed E-state index contributed by atoms with van der Waals surface area (Å²) in [6, 6.07) is 2.87. The molecule has 1 rings (SSSR count). The maximum atomic E-state index is 10.8. The first-order chi connectivity index (χ1) is 7.99. The minimum absolute atomic E-state index is 0.0906. The van der Waals surface area contributed by atoms with Crippen molar-refractivity contribution < 1.29 is 19.4 Å². The lowest BCUT2D eigenvalue weighted by Gasteiger charge is -2.07. The molecule has 0 spiro atoms. The van der Waals surface area contributed by atoms with Gasteiger partial charge in [-0.05, 0) is 19.1 Å². The molecule has 0 bridgehead atoms. The molecule has 0 aliphatic carbocycles. The Morgan fingerprint density at radius 3 is 2.82 bits per heavy atom. The fourth-order valence-corrected chi connectivity index (χ4v) is 1.21. The van der Waals surface area contributed by atoms with Crippen molar-refractivity contribution in [2.75, 3.05) is 18.5 Å². The van der Waals surface area contributed by atoms with Crippen molar-refractivity contribution in [2.45, 2.75) is 6.92 Å². The Labute approximate surface area is 97.6 Å². The van der Waals surface area contributed by atoms with Crippen LogP contribution < -0.4 is 11.1 Å². The number of pyridine rings is 1. The highest BCUT2D eigenvalue weighted by Gasteiger charge is 2.06. The summed E-state index contributed by atoms with van der Waals surface area (Å²) in [5.74, 6) is -0.609. The van der Waals surface area contributed by atoms with Crippen molar-refractivity contribution in [3.8, 4) is 0 Å². The summed E-state index contributed by atoms with van der Waals surface area (Å²) in [5, 5.41) is 11.7. The molecule has 1 heterocycles. The molecule has 0 aliphatic heterocycles. The van der Waals surface area contributed by atoms with Crippen molar-refractivity contribution in [1.29, 1.82) is 0 Å². The van der Waals surface area contributed by atoms with Crippen LogP contribution in [0.4, 0.5) is 10.6 Å². The van der Waals surface area contributed by atoms with E-state index in [-0.39, 0.29) is 12.2 Å². The average Bonchev–Trinajstić information content (AvgIpc) is 2.23. The van der Waals surface area contributed by atoms with Crippen LogP contribution in [-0.2, 0) is 4.74 Å². The summed E-state index contributed by atoms with van der Waals surface area (Å²) >= 11 is 0. The Morgan fingerprint density at radius 2 is 2.24 bits per heavy atom. The first-order valence-corrected chi connectivity index (χ1v) is 4.87. The molecular weight excluding hydrogens is 226 g/mol. The average molecular weight is 239 g/mol. The molecule has 0 aromatic carbocycles. The third-order valence-electron chi connectivity index (χ3n) is 1.85. The van der Waals surface area contributed by atoms with Crippen molar-refractivity contribution >= 4 is 17.9 Å². The van der Waals surface area contributed by atoms with E-state index in [2.05, 4.69) is 15.0 Å². The van der Waals surface area contributed by atoms with Gasteiger partial charge in [0.2, 0.25) is 0 Å². The number of nitrogens with one attached hydrogen (secondary N) is 1. The van der Waals surface area contributed by atoms with Gasteiger partial charge in [-0.2, -0.15) is 0 Å². The highest BCUT2D eigenvalue weighted by atomic mass is 16.5. The van der Waals surface area contributed by atoms with E-state index in [9.17, 15) is 9.59 Å². The number of hydrogen-bond acceptors (Lipinski definition) is 5. The molecule has 17 heavy (non-hydrogen) atoms. The van der Waals surface area contributed by atoms with Crippen LogP contribution in [0.15, 0.2) is 12.1 Å². The summed E-state index contributed by atoms with van der Waals surface area (Å²) in [6.45, 7) is 2.09. The number of aromatic carboxylic acids is 1. The second kappa shape index (κ2) is 5.69. The van der Waals surface area contributed by atoms with Gasteiger partial charge in [-0.25, -0.2) is 14.6 Å². The molecule has 1 amide bonds. The van der Waals surface area contributed by atoms with Gasteiger partial charge in [0.15, 0.2) is 0 Å². The number of ether oxygens (including phenoxy) is 1. The summed E-state index contributed by atoms with van der Waals surface area (Å²) in [5.41, 5.74) is 5.51. The van der Waals surface area contributed by atoms with Crippen molar-refractivity contribution in [2.24, 2.45) is 5.73 Å². The normalized spacial score (nSPS) is 9.71. The van der Waals surface area contributed by atoms with Crippen LogP contribution in [0, 0.1) is 6.92 Å². The smallest absolute Gasteiger partial charge is 0.404 e. The lowest BCUT2D eigenvalue weighted by molar-refractivity contribution is 0.0696. The van der Waals surface area contributed by atoms with E-state index in [1.54, 1.807) is 6.92 Å². The van der Waals surface area contributed by atoms with Crippen LogP contribution in [0.25, 0.3) is 0 Å². The highest BCUT2D eigenvalue weighted by Crippen LogP contribution is 2.09. The van der Waals surface area contributed by atoms with Crippen molar-refractivity contribution in [1.82, 2.24) is 4.98 Å². The maximum absolute atomic E-state index is 10.8. The van der Waals surface area contributed by atoms with E-state index < -0.39 is 12.1 Å². The van der Waals surface area contributed by atoms with Gasteiger partial charge < -0.3 is 20.9 Å². The number of aromatic nitrogens is 1. The van der Waals surface area contributed by atoms with Gasteiger partial charge in [0, 0.05) is 5.69 Å². The van der Waals surface area contributed by atoms with E-state index >= 15 is 0 Å². The minimum Gasteiger partial charge on any atom is -0.478 e. The molecule has 4 N–H and O–H groups in total. The van der Waals surface area contributed by atoms with E-state index in [4.69, 9.17) is 10.8 Å². The number of carbonyl (C=O) groups excluding carboxylic acids is 1. The number of nitrogens with zero attached hydrogens (tertiary/aromatic N) is 1. The highest BCUT2D eigenvalue weighted by molar-refractivity contribution is 5.88. The predicted octanol–water partition coefficient (Wildman–Crippen LogP) is 0.595. The molecule has 92 valence electrons. The zero-order chi connectivity index (χ0) is 12.8. The SMILES string of the molecule is Cc1cc(C(=O)O)cc(NCCOC(N)=O)n1. The fourth-order valence-electron chi connectivity index (χ4n) is 1.21. The first-order valence-electron chi connectivity index (χ1n) is 4.87. The van der Waals surface area contributed by atoms with E-state index in [1.807, 2.05) is 0 Å². The Morgan fingerprint density at radius 1 is 1.53 bits per heavy atom. The van der Waals surface area contributed by atoms with E-state index in [0.717, 1.165) is 0 Å². The van der Waals surface area contributed by atoms with Crippen molar-refractivity contribution in [3.05, 3.63) is 23.4 Å². The molecule has 0 unspecified atom stereocenters. The van der Waals surface area contributed by atoms with E-state index in [0.29, 0.717) is 18.1 Å². The molecule has 1 aromatic heterocycles. The minimum atomic E-state index is -1.02. The third kappa shape index (κ3) is 4.37. The quantitative estimate of drug-likeness (QED) is 0.648. The summed E-state index contributed by atoms with van der Waals surface area (Å²) < 4.78 is 4.50. The van der Waals surface area contributed by atoms with Crippen LogP contribution in [0.2, 0.25) is 0 Å². The monoisotopic (exact) mass is 239 g/mol. The number of carbonyl (C=O) groups is 2. The number of carboxylic acid groups (broad SMARTS) is 1. The van der Waals surface area contributed by atoms with Crippen LogP contribution >= 0.6 is 0 Å². The lowest BCUT2D eigenvalue weighted by Crippen LogP contribution is -2.18. The van der Waals surface area contributed by atoms with Crippen LogP contribution in [0.5, 0.6) is 0 Å². The second-order valence-electron chi connectivity index (χ2n) is 3.28. The molecule has 0 saturated carbocycles. The molecule has 7 heteroatoms. The van der Waals surface area contributed by atoms with Crippen molar-refractivity contribution in [3.63, 3.8) is 0 Å². The Balaban J connectivity index is 2.59. The summed E-state index contributed by atoms with van der Waals surface area (Å²) in [6.07, 6.45) is -0.852. The van der Waals surface area contributed by atoms with Crippen LogP contribution in [-0.4, -0.2) is 35.3 Å². The molecule has 7 nitrogen and oxygen atoms in total. The molecular formula is C10H13N3O4. The zero-order valence-corrected chi connectivity index (χ0v) is 9.27. The van der Waals surface area contributed by atoms with Gasteiger partial charge in [0.05, 0.1) is 12.1 Å². The second-order valence-corrected chi connectivity index (χ2v) is 3.28.